The molecule has 0 aliphatic heterocycles. The van der Waals surface area contributed by atoms with Gasteiger partial charge in [0.1, 0.15) is 5.65 Å². The lowest BCUT2D eigenvalue weighted by molar-refractivity contribution is 0.904. The predicted octanol–water partition coefficient (Wildman–Crippen LogP) is 5.11. The molecule has 124 valence electrons. The zero-order valence-electron chi connectivity index (χ0n) is 13.2. The van der Waals surface area contributed by atoms with Gasteiger partial charge in [-0.3, -0.25) is 0 Å². The van der Waals surface area contributed by atoms with Crippen LogP contribution in [0, 0.1) is 0 Å². The Bertz CT molecular complexity index is 1030. The predicted molar refractivity (Wildman–Crippen MR) is 101 cm³/mol. The Kier molecular flexibility index (Phi) is 4.38. The lowest BCUT2D eigenvalue weighted by atomic mass is 10.1. The largest absolute Gasteiger partial charge is 0.345 e. The quantitative estimate of drug-likeness (QED) is 0.544. The van der Waals surface area contributed by atoms with Gasteiger partial charge in [-0.05, 0) is 42.7 Å². The van der Waals surface area contributed by atoms with Gasteiger partial charge in [0.15, 0.2) is 5.82 Å². The normalized spacial score (nSPS) is 11.1. The number of nitrogens with one attached hydrogen (secondary N) is 1. The molecule has 0 aliphatic rings. The maximum Gasteiger partial charge on any atom is 0.161 e. The third-order valence-corrected chi connectivity index (χ3v) is 4.49. The highest BCUT2D eigenvalue weighted by atomic mass is 35.5. The van der Waals surface area contributed by atoms with Gasteiger partial charge in [0.2, 0.25) is 0 Å². The van der Waals surface area contributed by atoms with Crippen LogP contribution in [0.15, 0.2) is 55.0 Å². The smallest absolute Gasteiger partial charge is 0.161 e. The van der Waals surface area contributed by atoms with E-state index in [0.29, 0.717) is 10.8 Å². The maximum absolute atomic E-state index is 6.07. The molecule has 3 heterocycles. The number of pyridine rings is 1. The molecule has 1 N–H and O–H groups in total. The van der Waals surface area contributed by atoms with Crippen molar-refractivity contribution < 1.29 is 0 Å². The lowest BCUT2D eigenvalue weighted by Gasteiger charge is -2.04. The number of H-pyrrole nitrogens is 1. The molecule has 0 amide bonds. The number of aromatic nitrogens is 4. The van der Waals surface area contributed by atoms with Crippen LogP contribution >= 0.6 is 23.2 Å². The maximum atomic E-state index is 6.07. The van der Waals surface area contributed by atoms with E-state index in [0.717, 1.165) is 40.2 Å². The molecule has 0 aliphatic carbocycles. The number of nitrogens with zero attached hydrogens (tertiary/aromatic N) is 3. The zero-order chi connectivity index (χ0) is 17.2. The fourth-order valence-electron chi connectivity index (χ4n) is 2.75. The highest BCUT2D eigenvalue weighted by Gasteiger charge is 2.11. The van der Waals surface area contributed by atoms with E-state index in [9.17, 15) is 0 Å². The van der Waals surface area contributed by atoms with Crippen LogP contribution in [0.25, 0.3) is 22.4 Å². The summed E-state index contributed by atoms with van der Waals surface area (Å²) in [6.07, 6.45) is 7.00. The van der Waals surface area contributed by atoms with Crippen molar-refractivity contribution in [2.24, 2.45) is 0 Å². The number of hydrogen-bond donors (Lipinski definition) is 1. The number of rotatable bonds is 4. The van der Waals surface area contributed by atoms with Crippen molar-refractivity contribution in [1.82, 2.24) is 19.9 Å². The van der Waals surface area contributed by atoms with Crippen molar-refractivity contribution in [2.45, 2.75) is 12.8 Å². The number of halogens is 2. The monoisotopic (exact) mass is 368 g/mol. The SMILES string of the molecule is Clc1ccc(CCc2ccnc(-c3c[nH]c4ncc(Cl)cc34)n2)cc1. The first-order valence-electron chi connectivity index (χ1n) is 7.88. The van der Waals surface area contributed by atoms with Crippen molar-refractivity contribution in [2.75, 3.05) is 0 Å². The Morgan fingerprint density at radius 2 is 1.76 bits per heavy atom. The summed E-state index contributed by atoms with van der Waals surface area (Å²) >= 11 is 12.0. The highest BCUT2D eigenvalue weighted by molar-refractivity contribution is 6.31. The van der Waals surface area contributed by atoms with Gasteiger partial charge in [0.25, 0.3) is 0 Å². The van der Waals surface area contributed by atoms with Crippen molar-refractivity contribution in [3.05, 3.63) is 76.3 Å². The van der Waals surface area contributed by atoms with Crippen LogP contribution < -0.4 is 0 Å². The second-order valence-electron chi connectivity index (χ2n) is 5.75. The van der Waals surface area contributed by atoms with Crippen molar-refractivity contribution in [3.63, 3.8) is 0 Å². The average Bonchev–Trinajstić information content (AvgIpc) is 3.04. The van der Waals surface area contributed by atoms with Gasteiger partial charge in [-0.2, -0.15) is 0 Å². The van der Waals surface area contributed by atoms with Gasteiger partial charge in [-0.1, -0.05) is 35.3 Å². The first-order chi connectivity index (χ1) is 12.2. The van der Waals surface area contributed by atoms with Gasteiger partial charge in [-0.25, -0.2) is 15.0 Å². The number of fused-ring (bicyclic) bond motifs is 1. The minimum absolute atomic E-state index is 0.590. The van der Waals surface area contributed by atoms with E-state index >= 15 is 0 Å². The summed E-state index contributed by atoms with van der Waals surface area (Å²) in [4.78, 5) is 16.5. The van der Waals surface area contributed by atoms with E-state index in [1.807, 2.05) is 42.6 Å². The molecule has 0 spiro atoms. The van der Waals surface area contributed by atoms with Crippen LogP contribution in [0.3, 0.4) is 0 Å². The molecule has 3 aromatic heterocycles. The minimum Gasteiger partial charge on any atom is -0.345 e. The lowest BCUT2D eigenvalue weighted by Crippen LogP contribution is -1.97. The second kappa shape index (κ2) is 6.82. The Labute approximate surface area is 154 Å². The van der Waals surface area contributed by atoms with Gasteiger partial charge in [0, 0.05) is 40.3 Å². The first kappa shape index (κ1) is 16.1. The van der Waals surface area contributed by atoms with Crippen LogP contribution in [0.4, 0.5) is 0 Å². The summed E-state index contributed by atoms with van der Waals surface area (Å²) in [6.45, 7) is 0. The zero-order valence-corrected chi connectivity index (χ0v) is 14.7. The Morgan fingerprint density at radius 1 is 0.920 bits per heavy atom. The van der Waals surface area contributed by atoms with Crippen LogP contribution in [0.5, 0.6) is 0 Å². The molecule has 0 atom stereocenters. The van der Waals surface area contributed by atoms with Gasteiger partial charge in [0.05, 0.1) is 5.02 Å². The average molecular weight is 369 g/mol. The standard InChI is InChI=1S/C19H14Cl2N4/c20-13-4-1-12(2-5-13)3-6-15-7-8-22-19(25-15)17-11-24-18-16(17)9-14(21)10-23-18/h1-2,4-5,7-11H,3,6H2,(H,23,24). The van der Waals surface area contributed by atoms with Gasteiger partial charge >= 0.3 is 0 Å². The topological polar surface area (TPSA) is 54.5 Å². The van der Waals surface area contributed by atoms with Crippen LogP contribution in [0.1, 0.15) is 11.3 Å². The van der Waals surface area contributed by atoms with Crippen molar-refractivity contribution in [3.8, 4) is 11.4 Å². The van der Waals surface area contributed by atoms with Crippen LogP contribution in [-0.2, 0) is 12.8 Å². The van der Waals surface area contributed by atoms with Gasteiger partial charge in [-0.15, -0.1) is 0 Å². The molecular weight excluding hydrogens is 355 g/mol. The third-order valence-electron chi connectivity index (χ3n) is 4.03. The minimum atomic E-state index is 0.590. The molecule has 4 rings (SSSR count). The molecule has 0 saturated heterocycles. The Balaban J connectivity index is 1.60. The molecule has 0 radical (unpaired) electrons. The molecule has 1 aromatic carbocycles. The molecule has 4 aromatic rings. The van der Waals surface area contributed by atoms with E-state index in [-0.39, 0.29) is 0 Å². The first-order valence-corrected chi connectivity index (χ1v) is 8.64. The number of aryl methyl sites for hydroxylation is 2. The fourth-order valence-corrected chi connectivity index (χ4v) is 3.04. The van der Waals surface area contributed by atoms with Crippen LogP contribution in [-0.4, -0.2) is 19.9 Å². The van der Waals surface area contributed by atoms with Crippen LogP contribution in [0.2, 0.25) is 10.0 Å². The summed E-state index contributed by atoms with van der Waals surface area (Å²) in [5.74, 6) is 0.670. The summed E-state index contributed by atoms with van der Waals surface area (Å²) < 4.78 is 0. The number of hydrogen-bond acceptors (Lipinski definition) is 3. The molecular formula is C19H14Cl2N4. The van der Waals surface area contributed by atoms with E-state index in [2.05, 4.69) is 15.0 Å². The van der Waals surface area contributed by atoms with E-state index in [1.165, 1.54) is 5.56 Å². The third kappa shape index (κ3) is 3.50. The number of benzene rings is 1. The molecule has 4 nitrogen and oxygen atoms in total. The molecule has 0 saturated carbocycles. The number of aromatic amines is 1. The molecule has 25 heavy (non-hydrogen) atoms. The van der Waals surface area contributed by atoms with Crippen molar-refractivity contribution in [1.29, 1.82) is 0 Å². The van der Waals surface area contributed by atoms with E-state index < -0.39 is 0 Å². The summed E-state index contributed by atoms with van der Waals surface area (Å²) in [5.41, 5.74) is 3.89. The molecule has 0 unspecified atom stereocenters. The summed E-state index contributed by atoms with van der Waals surface area (Å²) in [5, 5.41) is 2.26. The summed E-state index contributed by atoms with van der Waals surface area (Å²) in [6, 6.07) is 11.7. The highest BCUT2D eigenvalue weighted by Crippen LogP contribution is 2.27. The molecule has 0 bridgehead atoms. The van der Waals surface area contributed by atoms with Gasteiger partial charge < -0.3 is 4.98 Å². The second-order valence-corrected chi connectivity index (χ2v) is 6.62. The summed E-state index contributed by atoms with van der Waals surface area (Å²) in [7, 11) is 0. The molecule has 0 fully saturated rings. The van der Waals surface area contributed by atoms with Crippen molar-refractivity contribution >= 4 is 34.2 Å². The Hall–Kier alpha value is -2.43. The fraction of sp³-hybridized carbons (Fsp3) is 0.105. The van der Waals surface area contributed by atoms with E-state index in [4.69, 9.17) is 28.2 Å². The Morgan fingerprint density at radius 3 is 2.60 bits per heavy atom. The molecule has 6 heteroatoms. The van der Waals surface area contributed by atoms with E-state index in [1.54, 1.807) is 12.4 Å².